The van der Waals surface area contributed by atoms with Crippen LogP contribution in [0.3, 0.4) is 0 Å². The van der Waals surface area contributed by atoms with Crippen LogP contribution < -0.4 is 0 Å². The Morgan fingerprint density at radius 2 is 1.00 bits per heavy atom. The van der Waals surface area contributed by atoms with Crippen LogP contribution in [-0.2, 0) is 0 Å². The van der Waals surface area contributed by atoms with Gasteiger partial charge in [0.2, 0.25) is 0 Å². The molecular weight excluding hydrogens is 151 g/mol. The lowest BCUT2D eigenvalue weighted by molar-refractivity contribution is 0.186. The first-order valence-electron chi connectivity index (χ1n) is 1.89. The summed E-state index contributed by atoms with van der Waals surface area (Å²) in [6.45, 7) is -0.250. The largest absolute Gasteiger partial charge is 0.394 e. The molecule has 0 fully saturated rings. The van der Waals surface area contributed by atoms with E-state index in [9.17, 15) is 0 Å². The molecule has 0 heterocycles. The second-order valence-corrected chi connectivity index (χ2v) is 0.447. The zero-order valence-corrected chi connectivity index (χ0v) is 6.58. The van der Waals surface area contributed by atoms with Gasteiger partial charge in [0.25, 0.3) is 0 Å². The van der Waals surface area contributed by atoms with Crippen molar-refractivity contribution in [2.24, 2.45) is 0 Å². The lowest BCUT2D eigenvalue weighted by Gasteiger charge is -1.70. The first kappa shape index (κ1) is 15.8. The van der Waals surface area contributed by atoms with E-state index in [-0.39, 0.29) is 13.2 Å². The molecule has 2 N–H and O–H groups in total. The standard InChI is InChI=1S/C2H6O2.2CH3Cl/c3-1-2-4;2*1-2/h3-4H,1-2H2;2*1H3. The van der Waals surface area contributed by atoms with Crippen LogP contribution in [0.15, 0.2) is 0 Å². The Morgan fingerprint density at radius 3 is 1.00 bits per heavy atom. The van der Waals surface area contributed by atoms with Gasteiger partial charge in [-0.3, -0.25) is 0 Å². The molecule has 0 amide bonds. The smallest absolute Gasteiger partial charge is 0.0662 e. The van der Waals surface area contributed by atoms with Crippen molar-refractivity contribution in [1.82, 2.24) is 0 Å². The molecule has 0 radical (unpaired) electrons. The average molecular weight is 163 g/mol. The van der Waals surface area contributed by atoms with Crippen LogP contribution in [0, 0.1) is 0 Å². The van der Waals surface area contributed by atoms with Crippen LogP contribution in [0.5, 0.6) is 0 Å². The van der Waals surface area contributed by atoms with Crippen LogP contribution in [0.4, 0.5) is 0 Å². The predicted molar refractivity (Wildman–Crippen MR) is 37.7 cm³/mol. The molecule has 0 aliphatic rings. The third-order valence-corrected chi connectivity index (χ3v) is 0.1000. The minimum absolute atomic E-state index is 0.125. The number of hydrogen-bond donors (Lipinski definition) is 2. The summed E-state index contributed by atoms with van der Waals surface area (Å²) in [5.41, 5.74) is 0. The van der Waals surface area contributed by atoms with Crippen molar-refractivity contribution in [3.63, 3.8) is 0 Å². The minimum atomic E-state index is -0.125. The van der Waals surface area contributed by atoms with Gasteiger partial charge in [-0.2, -0.15) is 0 Å². The fraction of sp³-hybridized carbons (Fsp3) is 1.00. The lowest BCUT2D eigenvalue weighted by atomic mass is 10.8. The van der Waals surface area contributed by atoms with Gasteiger partial charge in [-0.15, -0.1) is 23.2 Å². The summed E-state index contributed by atoms with van der Waals surface area (Å²) < 4.78 is 0. The van der Waals surface area contributed by atoms with Gasteiger partial charge in [0, 0.05) is 12.8 Å². The molecule has 0 aromatic rings. The van der Waals surface area contributed by atoms with Crippen LogP contribution in [0.1, 0.15) is 0 Å². The third-order valence-electron chi connectivity index (χ3n) is 0.1000. The zero-order chi connectivity index (χ0) is 7.41. The van der Waals surface area contributed by atoms with E-state index in [1.807, 2.05) is 0 Å². The van der Waals surface area contributed by atoms with Crippen molar-refractivity contribution in [2.75, 3.05) is 26.0 Å². The summed E-state index contributed by atoms with van der Waals surface area (Å²) in [5.74, 6) is 0. The molecule has 0 unspecified atom stereocenters. The predicted octanol–water partition coefficient (Wildman–Crippen LogP) is 0.681. The molecule has 4 heteroatoms. The minimum Gasteiger partial charge on any atom is -0.394 e. The Morgan fingerprint density at radius 1 is 0.875 bits per heavy atom. The maximum absolute atomic E-state index is 7.62. The lowest BCUT2D eigenvalue weighted by Crippen LogP contribution is -1.85. The highest BCUT2D eigenvalue weighted by Crippen LogP contribution is 1.39. The zero-order valence-electron chi connectivity index (χ0n) is 5.06. The molecule has 0 bridgehead atoms. The van der Waals surface area contributed by atoms with Crippen molar-refractivity contribution in [1.29, 1.82) is 0 Å². The van der Waals surface area contributed by atoms with Crippen molar-refractivity contribution in [2.45, 2.75) is 0 Å². The molecule has 0 aromatic carbocycles. The molecule has 0 aromatic heterocycles. The van der Waals surface area contributed by atoms with E-state index in [0.717, 1.165) is 0 Å². The van der Waals surface area contributed by atoms with E-state index < -0.39 is 0 Å². The van der Waals surface area contributed by atoms with Crippen LogP contribution in [0.25, 0.3) is 0 Å². The highest BCUT2D eigenvalue weighted by Gasteiger charge is 1.58. The van der Waals surface area contributed by atoms with E-state index in [0.29, 0.717) is 0 Å². The number of halogens is 2. The molecule has 0 spiro atoms. The topological polar surface area (TPSA) is 40.5 Å². The Bertz CT molecular complexity index is 14.0. The van der Waals surface area contributed by atoms with Crippen molar-refractivity contribution < 1.29 is 10.2 Å². The van der Waals surface area contributed by atoms with Gasteiger partial charge in [-0.1, -0.05) is 0 Å². The van der Waals surface area contributed by atoms with E-state index in [1.165, 1.54) is 12.8 Å². The van der Waals surface area contributed by atoms with Crippen LogP contribution >= 0.6 is 23.2 Å². The normalized spacial score (nSPS) is 5.25. The fourth-order valence-electron chi connectivity index (χ4n) is 0. The number of hydrogen-bond acceptors (Lipinski definition) is 2. The average Bonchev–Trinajstić information content (AvgIpc) is 1.96. The van der Waals surface area contributed by atoms with Gasteiger partial charge >= 0.3 is 0 Å². The molecule has 0 aliphatic heterocycles. The summed E-state index contributed by atoms with van der Waals surface area (Å²) in [6, 6.07) is 0. The second-order valence-electron chi connectivity index (χ2n) is 0.447. The van der Waals surface area contributed by atoms with Gasteiger partial charge in [-0.05, 0) is 0 Å². The number of alkyl halides is 2. The molecule has 8 heavy (non-hydrogen) atoms. The third kappa shape index (κ3) is 87.4. The summed E-state index contributed by atoms with van der Waals surface area (Å²) in [6.07, 6.45) is 2.94. The first-order valence-corrected chi connectivity index (χ1v) is 3.40. The van der Waals surface area contributed by atoms with Gasteiger partial charge in [0.15, 0.2) is 0 Å². The number of aliphatic hydroxyl groups excluding tert-OH is 2. The molecule has 0 saturated heterocycles. The molecule has 0 aliphatic carbocycles. The Kier molecular flexibility index (Phi) is 100. The quantitative estimate of drug-likeness (QED) is 0.558. The van der Waals surface area contributed by atoms with Crippen LogP contribution in [-0.4, -0.2) is 36.2 Å². The van der Waals surface area contributed by atoms with Crippen LogP contribution in [0.2, 0.25) is 0 Å². The fourth-order valence-corrected chi connectivity index (χ4v) is 0. The molecule has 0 atom stereocenters. The molecule has 0 saturated carbocycles. The summed E-state index contributed by atoms with van der Waals surface area (Å²) in [4.78, 5) is 0. The number of rotatable bonds is 1. The van der Waals surface area contributed by atoms with E-state index in [4.69, 9.17) is 10.2 Å². The SMILES string of the molecule is CCl.CCl.OCCO. The molecule has 0 rings (SSSR count). The summed E-state index contributed by atoms with van der Waals surface area (Å²) >= 11 is 9.28. The van der Waals surface area contributed by atoms with Gasteiger partial charge in [0.05, 0.1) is 13.2 Å². The van der Waals surface area contributed by atoms with E-state index >= 15 is 0 Å². The Balaban J connectivity index is -0.0000000542. The Hall–Kier alpha value is 0.500. The monoisotopic (exact) mass is 162 g/mol. The first-order chi connectivity index (χ1) is 3.91. The van der Waals surface area contributed by atoms with E-state index in [2.05, 4.69) is 23.2 Å². The molecular formula is C4H12Cl2O2. The van der Waals surface area contributed by atoms with Crippen molar-refractivity contribution >= 4 is 23.2 Å². The highest BCUT2D eigenvalue weighted by molar-refractivity contribution is 6.15. The van der Waals surface area contributed by atoms with Crippen molar-refractivity contribution in [3.05, 3.63) is 0 Å². The van der Waals surface area contributed by atoms with Gasteiger partial charge in [-0.25, -0.2) is 0 Å². The van der Waals surface area contributed by atoms with Gasteiger partial charge in [0.1, 0.15) is 0 Å². The van der Waals surface area contributed by atoms with E-state index in [1.54, 1.807) is 0 Å². The highest BCUT2D eigenvalue weighted by atomic mass is 35.5. The summed E-state index contributed by atoms with van der Waals surface area (Å²) in [7, 11) is 0. The molecule has 2 nitrogen and oxygen atoms in total. The van der Waals surface area contributed by atoms with Gasteiger partial charge < -0.3 is 10.2 Å². The van der Waals surface area contributed by atoms with Crippen molar-refractivity contribution in [3.8, 4) is 0 Å². The summed E-state index contributed by atoms with van der Waals surface area (Å²) in [5, 5.41) is 15.2. The second kappa shape index (κ2) is 50.7. The maximum Gasteiger partial charge on any atom is 0.0662 e. The Labute approximate surface area is 60.0 Å². The molecule has 54 valence electrons. The number of aliphatic hydroxyl groups is 2. The maximum atomic E-state index is 7.62.